The highest BCUT2D eigenvalue weighted by Crippen LogP contribution is 2.48. The highest BCUT2D eigenvalue weighted by Gasteiger charge is 2.22. The van der Waals surface area contributed by atoms with Crippen LogP contribution in [0.15, 0.2) is 87.7 Å². The predicted molar refractivity (Wildman–Crippen MR) is 117 cm³/mol. The molecule has 1 aliphatic rings. The van der Waals surface area contributed by atoms with Gasteiger partial charge in [-0.1, -0.05) is 61.5 Å². The van der Waals surface area contributed by atoms with Crippen LogP contribution in [0.4, 0.5) is 17.1 Å². The van der Waals surface area contributed by atoms with Gasteiger partial charge in [-0.2, -0.15) is 5.10 Å². The van der Waals surface area contributed by atoms with Crippen LogP contribution in [-0.2, 0) is 0 Å². The third-order valence-electron chi connectivity index (χ3n) is 4.57. The van der Waals surface area contributed by atoms with Crippen molar-refractivity contribution >= 4 is 35.0 Å². The van der Waals surface area contributed by atoms with E-state index in [1.54, 1.807) is 0 Å². The van der Waals surface area contributed by atoms with Crippen molar-refractivity contribution in [1.29, 1.82) is 0 Å². The molecule has 1 aliphatic heterocycles. The van der Waals surface area contributed by atoms with Crippen LogP contribution >= 0.6 is 11.8 Å². The molecule has 136 valence electrons. The van der Waals surface area contributed by atoms with Crippen LogP contribution in [0.1, 0.15) is 25.3 Å². The van der Waals surface area contributed by atoms with E-state index in [1.807, 2.05) is 48.3 Å². The lowest BCUT2D eigenvalue weighted by Crippen LogP contribution is -2.21. The molecule has 0 aliphatic carbocycles. The quantitative estimate of drug-likeness (QED) is 0.393. The summed E-state index contributed by atoms with van der Waals surface area (Å²) in [5, 5.41) is 4.38. The molecule has 0 atom stereocenters. The Morgan fingerprint density at radius 2 is 1.70 bits per heavy atom. The number of anilines is 3. The first kappa shape index (κ1) is 17.7. The Balaban J connectivity index is 1.58. The molecule has 0 spiro atoms. The van der Waals surface area contributed by atoms with Gasteiger partial charge in [0.25, 0.3) is 0 Å². The molecule has 0 amide bonds. The van der Waals surface area contributed by atoms with Crippen LogP contribution in [0, 0.1) is 0 Å². The van der Waals surface area contributed by atoms with Gasteiger partial charge in [-0.15, -0.1) is 0 Å². The Hall–Kier alpha value is -2.72. The second-order valence-electron chi connectivity index (χ2n) is 6.54. The van der Waals surface area contributed by atoms with E-state index in [4.69, 9.17) is 0 Å². The molecule has 0 unspecified atom stereocenters. The van der Waals surface area contributed by atoms with Crippen molar-refractivity contribution in [2.45, 2.75) is 29.6 Å². The Kier molecular flexibility index (Phi) is 5.45. The summed E-state index contributed by atoms with van der Waals surface area (Å²) in [4.78, 5) is 5.06. The SMILES string of the molecule is CCCCN1c2ccccc2Sc2cc(C=NNc3ccccc3)ccc21. The van der Waals surface area contributed by atoms with E-state index in [-0.39, 0.29) is 0 Å². The zero-order valence-electron chi connectivity index (χ0n) is 15.4. The molecular weight excluding hydrogens is 350 g/mol. The Labute approximate surface area is 165 Å². The summed E-state index contributed by atoms with van der Waals surface area (Å²) in [6, 6.07) is 25.3. The van der Waals surface area contributed by atoms with Crippen LogP contribution in [0.5, 0.6) is 0 Å². The molecule has 4 rings (SSSR count). The van der Waals surface area contributed by atoms with Gasteiger partial charge in [0.2, 0.25) is 0 Å². The van der Waals surface area contributed by atoms with Crippen molar-refractivity contribution in [3.8, 4) is 0 Å². The van der Waals surface area contributed by atoms with Crippen LogP contribution in [0.3, 0.4) is 0 Å². The van der Waals surface area contributed by atoms with Crippen molar-refractivity contribution in [2.24, 2.45) is 5.10 Å². The monoisotopic (exact) mass is 373 g/mol. The molecule has 3 nitrogen and oxygen atoms in total. The normalized spacial score (nSPS) is 12.7. The molecule has 0 saturated carbocycles. The molecule has 1 heterocycles. The molecule has 27 heavy (non-hydrogen) atoms. The van der Waals surface area contributed by atoms with Gasteiger partial charge in [-0.3, -0.25) is 5.43 Å². The molecular formula is C23H23N3S. The number of fused-ring (bicyclic) bond motifs is 2. The van der Waals surface area contributed by atoms with Gasteiger partial charge >= 0.3 is 0 Å². The maximum Gasteiger partial charge on any atom is 0.0561 e. The summed E-state index contributed by atoms with van der Waals surface area (Å²) in [7, 11) is 0. The third-order valence-corrected chi connectivity index (χ3v) is 5.68. The van der Waals surface area contributed by atoms with Crippen molar-refractivity contribution < 1.29 is 0 Å². The van der Waals surface area contributed by atoms with Crippen molar-refractivity contribution in [3.63, 3.8) is 0 Å². The summed E-state index contributed by atoms with van der Waals surface area (Å²) < 4.78 is 0. The van der Waals surface area contributed by atoms with Gasteiger partial charge < -0.3 is 4.90 Å². The minimum absolute atomic E-state index is 0.987. The second-order valence-corrected chi connectivity index (χ2v) is 7.62. The van der Waals surface area contributed by atoms with Gasteiger partial charge in [-0.25, -0.2) is 0 Å². The lowest BCUT2D eigenvalue weighted by atomic mass is 10.1. The first-order valence-corrected chi connectivity index (χ1v) is 10.2. The first-order chi connectivity index (χ1) is 13.3. The van der Waals surface area contributed by atoms with Crippen molar-refractivity contribution in [1.82, 2.24) is 0 Å². The number of para-hydroxylation sites is 2. The lowest BCUT2D eigenvalue weighted by molar-refractivity contribution is 0.777. The molecule has 4 heteroatoms. The van der Waals surface area contributed by atoms with E-state index >= 15 is 0 Å². The number of nitrogens with zero attached hydrogens (tertiary/aromatic N) is 2. The minimum Gasteiger partial charge on any atom is -0.340 e. The molecule has 0 aromatic heterocycles. The van der Waals surface area contributed by atoms with E-state index in [0.717, 1.165) is 17.8 Å². The van der Waals surface area contributed by atoms with Crippen molar-refractivity contribution in [3.05, 3.63) is 78.4 Å². The van der Waals surface area contributed by atoms with E-state index < -0.39 is 0 Å². The van der Waals surface area contributed by atoms with E-state index in [1.165, 1.54) is 34.0 Å². The highest BCUT2D eigenvalue weighted by molar-refractivity contribution is 7.99. The van der Waals surface area contributed by atoms with Crippen LogP contribution in [-0.4, -0.2) is 12.8 Å². The number of rotatable bonds is 6. The zero-order chi connectivity index (χ0) is 18.5. The van der Waals surface area contributed by atoms with E-state index in [0.29, 0.717) is 0 Å². The predicted octanol–water partition coefficient (Wildman–Crippen LogP) is 6.54. The lowest BCUT2D eigenvalue weighted by Gasteiger charge is -2.33. The fourth-order valence-corrected chi connectivity index (χ4v) is 4.33. The van der Waals surface area contributed by atoms with Gasteiger partial charge in [0.15, 0.2) is 0 Å². The minimum atomic E-state index is 0.987. The third kappa shape index (κ3) is 4.01. The second kappa shape index (κ2) is 8.31. The highest BCUT2D eigenvalue weighted by atomic mass is 32.2. The summed E-state index contributed by atoms with van der Waals surface area (Å²) >= 11 is 1.84. The molecule has 0 bridgehead atoms. The first-order valence-electron chi connectivity index (χ1n) is 9.38. The van der Waals surface area contributed by atoms with Crippen molar-refractivity contribution in [2.75, 3.05) is 16.9 Å². The van der Waals surface area contributed by atoms with Crippen LogP contribution < -0.4 is 10.3 Å². The standard InChI is InChI=1S/C23H23N3S/c1-2-3-15-26-20-11-7-8-12-22(20)27-23-16-18(13-14-21(23)26)17-24-25-19-9-5-4-6-10-19/h4-14,16-17,25H,2-3,15H2,1H3. The summed E-state index contributed by atoms with van der Waals surface area (Å²) in [6.45, 7) is 3.29. The molecule has 0 saturated heterocycles. The maximum atomic E-state index is 4.38. The largest absolute Gasteiger partial charge is 0.340 e. The fourth-order valence-electron chi connectivity index (χ4n) is 3.18. The maximum absolute atomic E-state index is 4.38. The van der Waals surface area contributed by atoms with Crippen LogP contribution in [0.2, 0.25) is 0 Å². The number of hydrogen-bond acceptors (Lipinski definition) is 4. The number of nitrogens with one attached hydrogen (secondary N) is 1. The summed E-state index contributed by atoms with van der Waals surface area (Å²) in [5.74, 6) is 0. The smallest absolute Gasteiger partial charge is 0.0561 e. The van der Waals surface area contributed by atoms with E-state index in [9.17, 15) is 0 Å². The number of benzene rings is 3. The van der Waals surface area contributed by atoms with Gasteiger partial charge in [0.1, 0.15) is 0 Å². The number of hydrazone groups is 1. The topological polar surface area (TPSA) is 27.6 Å². The Morgan fingerprint density at radius 3 is 2.56 bits per heavy atom. The van der Waals surface area contributed by atoms with Gasteiger partial charge in [0.05, 0.1) is 23.3 Å². The molecule has 0 radical (unpaired) electrons. The number of unbranched alkanes of at least 4 members (excludes halogenated alkanes) is 1. The summed E-state index contributed by atoms with van der Waals surface area (Å²) in [6.07, 6.45) is 4.25. The fraction of sp³-hybridized carbons (Fsp3) is 0.174. The average molecular weight is 374 g/mol. The van der Waals surface area contributed by atoms with Crippen LogP contribution in [0.25, 0.3) is 0 Å². The molecule has 0 fully saturated rings. The Morgan fingerprint density at radius 1 is 0.926 bits per heavy atom. The molecule has 3 aromatic carbocycles. The Bertz CT molecular complexity index is 937. The molecule has 3 aromatic rings. The number of hydrogen-bond donors (Lipinski definition) is 1. The molecule has 1 N–H and O–H groups in total. The summed E-state index contributed by atoms with van der Waals surface area (Å²) in [5.41, 5.74) is 7.77. The van der Waals surface area contributed by atoms with Gasteiger partial charge in [-0.05, 0) is 48.4 Å². The zero-order valence-corrected chi connectivity index (χ0v) is 16.2. The average Bonchev–Trinajstić information content (AvgIpc) is 2.72. The van der Waals surface area contributed by atoms with E-state index in [2.05, 4.69) is 64.8 Å². The van der Waals surface area contributed by atoms with Gasteiger partial charge in [0, 0.05) is 16.3 Å².